The molecule has 0 aliphatic heterocycles. The Morgan fingerprint density at radius 1 is 1.26 bits per heavy atom. The second-order valence-electron chi connectivity index (χ2n) is 3.77. The molecule has 1 aromatic rings. The van der Waals surface area contributed by atoms with Gasteiger partial charge in [-0.15, -0.1) is 0 Å². The molecule has 3 nitrogen and oxygen atoms in total. The first-order valence-corrected chi connectivity index (χ1v) is 6.68. The second kappa shape index (κ2) is 7.37. The topological polar surface area (TPSA) is 38.3 Å². The van der Waals surface area contributed by atoms with E-state index in [1.54, 1.807) is 24.3 Å². The average Bonchev–Trinajstić information content (AvgIpc) is 2.35. The van der Waals surface area contributed by atoms with Crippen LogP contribution in [0.25, 0.3) is 0 Å². The van der Waals surface area contributed by atoms with Gasteiger partial charge in [0.2, 0.25) is 5.91 Å². The highest BCUT2D eigenvalue weighted by atomic mass is 79.9. The number of rotatable bonds is 6. The highest BCUT2D eigenvalue weighted by molar-refractivity contribution is 9.09. The van der Waals surface area contributed by atoms with Crippen LogP contribution in [0.2, 0.25) is 0 Å². The van der Waals surface area contributed by atoms with E-state index in [1.807, 2.05) is 0 Å². The SMILES string of the molecule is O=C(CBr)Nc1ccc(OCCCC(F)(F)F)cc1. The molecule has 0 spiro atoms. The summed E-state index contributed by atoms with van der Waals surface area (Å²) in [4.78, 5) is 11.1. The Balaban J connectivity index is 2.34. The van der Waals surface area contributed by atoms with Crippen LogP contribution in [0.3, 0.4) is 0 Å². The van der Waals surface area contributed by atoms with Crippen LogP contribution in [0.1, 0.15) is 12.8 Å². The first-order valence-electron chi connectivity index (χ1n) is 5.56. The molecule has 0 saturated carbocycles. The van der Waals surface area contributed by atoms with Crippen LogP contribution in [0.5, 0.6) is 5.75 Å². The van der Waals surface area contributed by atoms with E-state index in [0.717, 1.165) is 0 Å². The quantitative estimate of drug-likeness (QED) is 0.633. The van der Waals surface area contributed by atoms with Gasteiger partial charge in [0, 0.05) is 12.1 Å². The number of hydrogen-bond acceptors (Lipinski definition) is 2. The van der Waals surface area contributed by atoms with E-state index in [4.69, 9.17) is 4.74 Å². The van der Waals surface area contributed by atoms with E-state index < -0.39 is 12.6 Å². The fourth-order valence-corrected chi connectivity index (χ4v) is 1.43. The maximum absolute atomic E-state index is 11.9. The summed E-state index contributed by atoms with van der Waals surface area (Å²) in [7, 11) is 0. The van der Waals surface area contributed by atoms with E-state index in [0.29, 0.717) is 11.4 Å². The Kier molecular flexibility index (Phi) is 6.14. The molecule has 1 amide bonds. The zero-order chi connectivity index (χ0) is 14.3. The number of amides is 1. The van der Waals surface area contributed by atoms with Crippen molar-refractivity contribution in [3.8, 4) is 5.75 Å². The zero-order valence-corrected chi connectivity index (χ0v) is 11.6. The van der Waals surface area contributed by atoms with Crippen LogP contribution in [0, 0.1) is 0 Å². The van der Waals surface area contributed by atoms with Crippen molar-refractivity contribution in [1.29, 1.82) is 0 Å². The maximum atomic E-state index is 11.9. The summed E-state index contributed by atoms with van der Waals surface area (Å²) < 4.78 is 40.8. The number of hydrogen-bond donors (Lipinski definition) is 1. The summed E-state index contributed by atoms with van der Waals surface area (Å²) in [5.41, 5.74) is 0.604. The molecule has 0 fully saturated rings. The molecule has 19 heavy (non-hydrogen) atoms. The standard InChI is InChI=1S/C12H13BrF3NO2/c13-8-11(18)17-9-2-4-10(5-3-9)19-7-1-6-12(14,15)16/h2-5H,1,6-8H2,(H,17,18). The number of benzene rings is 1. The molecule has 1 N–H and O–H groups in total. The average molecular weight is 340 g/mol. The third-order valence-corrected chi connectivity index (χ3v) is 2.64. The molecular formula is C12H13BrF3NO2. The molecule has 106 valence electrons. The minimum atomic E-state index is -4.15. The molecule has 7 heteroatoms. The molecule has 0 bridgehead atoms. The first-order chi connectivity index (χ1) is 8.90. The van der Waals surface area contributed by atoms with Crippen molar-refractivity contribution in [2.24, 2.45) is 0 Å². The van der Waals surface area contributed by atoms with Crippen LogP contribution >= 0.6 is 15.9 Å². The number of carbonyl (C=O) groups excluding carboxylic acids is 1. The number of carbonyl (C=O) groups is 1. The number of nitrogens with one attached hydrogen (secondary N) is 1. The summed E-state index contributed by atoms with van der Waals surface area (Å²) in [6, 6.07) is 6.44. The van der Waals surface area contributed by atoms with Crippen molar-refractivity contribution >= 4 is 27.5 Å². The Bertz CT molecular complexity index is 406. The zero-order valence-electron chi connectivity index (χ0n) is 9.97. The Morgan fingerprint density at radius 3 is 2.42 bits per heavy atom. The molecule has 0 aliphatic carbocycles. The van der Waals surface area contributed by atoms with Crippen molar-refractivity contribution in [3.05, 3.63) is 24.3 Å². The number of ether oxygens (including phenoxy) is 1. The third-order valence-electron chi connectivity index (χ3n) is 2.13. The summed E-state index contributed by atoms with van der Waals surface area (Å²) in [5.74, 6) is 0.290. The number of halogens is 4. The van der Waals surface area contributed by atoms with Crippen molar-refractivity contribution in [2.45, 2.75) is 19.0 Å². The van der Waals surface area contributed by atoms with Gasteiger partial charge in [0.15, 0.2) is 0 Å². The minimum Gasteiger partial charge on any atom is -0.494 e. The molecule has 0 aliphatic rings. The van der Waals surface area contributed by atoms with Gasteiger partial charge in [0.1, 0.15) is 5.75 Å². The Labute approximate surface area is 117 Å². The fraction of sp³-hybridized carbons (Fsp3) is 0.417. The molecule has 0 atom stereocenters. The van der Waals surface area contributed by atoms with Gasteiger partial charge < -0.3 is 10.1 Å². The summed E-state index contributed by atoms with van der Waals surface area (Å²) in [6.07, 6.45) is -5.08. The van der Waals surface area contributed by atoms with Gasteiger partial charge in [-0.05, 0) is 30.7 Å². The van der Waals surface area contributed by atoms with E-state index >= 15 is 0 Å². The molecule has 1 aromatic carbocycles. The number of anilines is 1. The van der Waals surface area contributed by atoms with E-state index in [9.17, 15) is 18.0 Å². The van der Waals surface area contributed by atoms with Crippen LogP contribution in [0.15, 0.2) is 24.3 Å². The van der Waals surface area contributed by atoms with Gasteiger partial charge in [0.25, 0.3) is 0 Å². The largest absolute Gasteiger partial charge is 0.494 e. The van der Waals surface area contributed by atoms with E-state index in [1.165, 1.54) is 0 Å². The molecule has 0 unspecified atom stereocenters. The first kappa shape index (κ1) is 15.8. The summed E-state index contributed by atoms with van der Waals surface area (Å²) >= 11 is 3.02. The lowest BCUT2D eigenvalue weighted by atomic mass is 10.3. The monoisotopic (exact) mass is 339 g/mol. The summed E-state index contributed by atoms with van der Waals surface area (Å²) in [5, 5.41) is 2.81. The fourth-order valence-electron chi connectivity index (χ4n) is 1.29. The lowest BCUT2D eigenvalue weighted by molar-refractivity contribution is -0.136. The van der Waals surface area contributed by atoms with E-state index in [2.05, 4.69) is 21.2 Å². The Morgan fingerprint density at radius 2 is 1.89 bits per heavy atom. The smallest absolute Gasteiger partial charge is 0.389 e. The van der Waals surface area contributed by atoms with Crippen molar-refractivity contribution in [1.82, 2.24) is 0 Å². The lowest BCUT2D eigenvalue weighted by Gasteiger charge is -2.09. The third kappa shape index (κ3) is 7.05. The molecule has 0 saturated heterocycles. The molecule has 0 radical (unpaired) electrons. The highest BCUT2D eigenvalue weighted by Crippen LogP contribution is 2.22. The maximum Gasteiger partial charge on any atom is 0.389 e. The number of alkyl halides is 4. The van der Waals surface area contributed by atoms with Crippen LogP contribution in [-0.2, 0) is 4.79 Å². The van der Waals surface area contributed by atoms with Gasteiger partial charge in [-0.3, -0.25) is 4.79 Å². The predicted octanol–water partition coefficient (Wildman–Crippen LogP) is 3.74. The van der Waals surface area contributed by atoms with Gasteiger partial charge in [0.05, 0.1) is 11.9 Å². The van der Waals surface area contributed by atoms with Crippen LogP contribution in [-0.4, -0.2) is 24.0 Å². The van der Waals surface area contributed by atoms with Gasteiger partial charge in [-0.1, -0.05) is 15.9 Å². The highest BCUT2D eigenvalue weighted by Gasteiger charge is 2.26. The molecule has 0 heterocycles. The van der Waals surface area contributed by atoms with Gasteiger partial charge in [-0.25, -0.2) is 0 Å². The molecule has 0 aromatic heterocycles. The van der Waals surface area contributed by atoms with Crippen molar-refractivity contribution < 1.29 is 22.7 Å². The van der Waals surface area contributed by atoms with Gasteiger partial charge >= 0.3 is 6.18 Å². The lowest BCUT2D eigenvalue weighted by Crippen LogP contribution is -2.12. The van der Waals surface area contributed by atoms with E-state index in [-0.39, 0.29) is 24.3 Å². The van der Waals surface area contributed by atoms with Crippen molar-refractivity contribution in [2.75, 3.05) is 17.3 Å². The second-order valence-corrected chi connectivity index (χ2v) is 4.33. The summed E-state index contributed by atoms with van der Waals surface area (Å²) in [6.45, 7) is 0.00656. The predicted molar refractivity (Wildman–Crippen MR) is 69.6 cm³/mol. The van der Waals surface area contributed by atoms with Crippen LogP contribution in [0.4, 0.5) is 18.9 Å². The minimum absolute atomic E-state index is 0.00656. The van der Waals surface area contributed by atoms with Crippen molar-refractivity contribution in [3.63, 3.8) is 0 Å². The molecule has 1 rings (SSSR count). The van der Waals surface area contributed by atoms with Gasteiger partial charge in [-0.2, -0.15) is 13.2 Å². The normalized spacial score (nSPS) is 11.2. The Hall–Kier alpha value is -1.24. The molecular weight excluding hydrogens is 327 g/mol. The van der Waals surface area contributed by atoms with Crippen LogP contribution < -0.4 is 10.1 Å².